The second kappa shape index (κ2) is 16.3. The van der Waals surface area contributed by atoms with Crippen LogP contribution in [0.2, 0.25) is 0 Å². The Bertz CT molecular complexity index is 1630. The molecule has 5 atom stereocenters. The van der Waals surface area contributed by atoms with Crippen molar-refractivity contribution >= 4 is 22.2 Å². The highest BCUT2D eigenvalue weighted by Gasteiger charge is 2.47. The number of sulfonamides is 1. The molecule has 0 bridgehead atoms. The Kier molecular flexibility index (Phi) is 12.1. The van der Waals surface area contributed by atoms with Crippen LogP contribution in [0, 0.1) is 23.7 Å². The molecular weight excluding hydrogens is 670 g/mol. The lowest BCUT2D eigenvalue weighted by Gasteiger charge is -2.43. The summed E-state index contributed by atoms with van der Waals surface area (Å²) in [6, 6.07) is 11.6. The van der Waals surface area contributed by atoms with E-state index in [4.69, 9.17) is 30.1 Å². The van der Waals surface area contributed by atoms with Gasteiger partial charge in [0, 0.05) is 31.6 Å². The van der Waals surface area contributed by atoms with Crippen LogP contribution in [-0.2, 0) is 30.7 Å². The minimum Gasteiger partial charge on any atom is -0.530 e. The van der Waals surface area contributed by atoms with Gasteiger partial charge < -0.3 is 48.9 Å². The molecule has 2 aromatic rings. The summed E-state index contributed by atoms with van der Waals surface area (Å²) < 4.78 is 57.1. The second-order valence-electron chi connectivity index (χ2n) is 13.4. The first-order valence-electron chi connectivity index (χ1n) is 16.6. The van der Waals surface area contributed by atoms with Crippen molar-refractivity contribution in [2.24, 2.45) is 11.3 Å². The highest BCUT2D eigenvalue weighted by atomic mass is 32.2. The minimum atomic E-state index is -4.29. The molecule has 2 amide bonds. The van der Waals surface area contributed by atoms with Gasteiger partial charge in [-0.25, -0.2) is 13.2 Å². The van der Waals surface area contributed by atoms with Gasteiger partial charge in [0.2, 0.25) is 16.8 Å². The monoisotopic (exact) mass is 714 g/mol. The zero-order valence-electron chi connectivity index (χ0n) is 28.2. The number of carbonyl (C=O) groups is 2. The molecule has 0 aliphatic carbocycles. The van der Waals surface area contributed by atoms with Crippen molar-refractivity contribution in [3.05, 3.63) is 54.1 Å². The van der Waals surface area contributed by atoms with Gasteiger partial charge in [-0.1, -0.05) is 50.1 Å². The van der Waals surface area contributed by atoms with Gasteiger partial charge in [0.25, 0.3) is 0 Å². The quantitative estimate of drug-likeness (QED) is 0.192. The average Bonchev–Trinajstić information content (AvgIpc) is 3.84. The van der Waals surface area contributed by atoms with Crippen LogP contribution in [0.15, 0.2) is 53.4 Å². The van der Waals surface area contributed by atoms with Gasteiger partial charge in [-0.2, -0.15) is 4.31 Å². The lowest BCUT2D eigenvalue weighted by molar-refractivity contribution is -0.273. The summed E-state index contributed by atoms with van der Waals surface area (Å²) in [6.45, 7) is 3.81. The van der Waals surface area contributed by atoms with E-state index in [1.54, 1.807) is 0 Å². The van der Waals surface area contributed by atoms with E-state index in [2.05, 4.69) is 11.2 Å². The van der Waals surface area contributed by atoms with E-state index in [0.29, 0.717) is 31.6 Å². The van der Waals surface area contributed by atoms with Gasteiger partial charge in [0.1, 0.15) is 6.09 Å². The zero-order chi connectivity index (χ0) is 35.9. The maximum Gasteiger partial charge on any atom is 0.408 e. The molecule has 5 rings (SSSR count). The number of amides is 2. The number of alkyl carbamates (subject to hydrolysis) is 1. The molecule has 3 aliphatic heterocycles. The number of nitrogens with zero attached hydrogens (tertiary/aromatic N) is 2. The molecule has 50 heavy (non-hydrogen) atoms. The summed E-state index contributed by atoms with van der Waals surface area (Å²) in [5, 5.41) is 27.6. The van der Waals surface area contributed by atoms with Crippen molar-refractivity contribution in [2.75, 3.05) is 46.2 Å². The van der Waals surface area contributed by atoms with E-state index < -0.39 is 58.6 Å². The second-order valence-corrected chi connectivity index (χ2v) is 15.3. The lowest BCUT2D eigenvalue weighted by atomic mass is 9.87. The molecule has 3 aliphatic rings. The van der Waals surface area contributed by atoms with Crippen molar-refractivity contribution < 1.29 is 51.9 Å². The number of hydrogen-bond acceptors (Lipinski definition) is 11. The van der Waals surface area contributed by atoms with Crippen LogP contribution in [0.25, 0.3) is 0 Å². The average molecular weight is 715 g/mol. The maximum absolute atomic E-state index is 14.4. The normalized spacial score (nSPS) is 20.9. The molecule has 2 saturated heterocycles. The standard InChI is InChI=1S/C35H45N3O11S/c1-4-16-46-33(40)36-15-8-14-35(2,3)22-37(50(43,44)25-11-12-30-31(19-25)49-23-48-30)20-29(39)27(18-24-9-6-5-7-10-24)38(34(41)42)28-21-47-32-26(28)13-17-45-32/h1,5-7,9-12,19,26-29,32,39H,8,13-18,20-23H2,2-3H3,(H,36,40)(H,41,42)/p-1/t26-,27-,28-,29+,32+/m0/s1. The first kappa shape index (κ1) is 37.2. The highest BCUT2D eigenvalue weighted by molar-refractivity contribution is 7.89. The number of ether oxygens (including phenoxy) is 5. The largest absolute Gasteiger partial charge is 0.530 e. The van der Waals surface area contributed by atoms with Gasteiger partial charge in [-0.05, 0) is 48.8 Å². The Hall–Kier alpha value is -4.07. The summed E-state index contributed by atoms with van der Waals surface area (Å²) in [4.78, 5) is 25.8. The van der Waals surface area contributed by atoms with E-state index in [1.807, 2.05) is 44.2 Å². The Morgan fingerprint density at radius 3 is 2.66 bits per heavy atom. The van der Waals surface area contributed by atoms with Crippen LogP contribution in [-0.4, -0.2) is 106 Å². The van der Waals surface area contributed by atoms with Crippen LogP contribution in [0.5, 0.6) is 11.5 Å². The highest BCUT2D eigenvalue weighted by Crippen LogP contribution is 2.38. The number of rotatable bonds is 16. The maximum atomic E-state index is 14.4. The van der Waals surface area contributed by atoms with Crippen molar-refractivity contribution in [1.29, 1.82) is 0 Å². The molecular formula is C35H44N3O11S-. The van der Waals surface area contributed by atoms with Crippen molar-refractivity contribution in [3.8, 4) is 23.8 Å². The Balaban J connectivity index is 1.42. The molecule has 15 heteroatoms. The minimum absolute atomic E-state index is 0.0448. The van der Waals surface area contributed by atoms with Crippen LogP contribution in [0.3, 0.4) is 0 Å². The summed E-state index contributed by atoms with van der Waals surface area (Å²) >= 11 is 0. The van der Waals surface area contributed by atoms with E-state index in [9.17, 15) is 28.2 Å². The number of benzene rings is 2. The number of carbonyl (C=O) groups excluding carboxylic acids is 2. The fraction of sp³-hybridized carbons (Fsp3) is 0.543. The fourth-order valence-corrected chi connectivity index (χ4v) is 8.42. The molecule has 2 N–H and O–H groups in total. The number of aliphatic hydroxyl groups is 1. The van der Waals surface area contributed by atoms with Crippen LogP contribution in [0.4, 0.5) is 9.59 Å². The number of aliphatic hydroxyl groups excluding tert-OH is 1. The van der Waals surface area contributed by atoms with E-state index >= 15 is 0 Å². The number of carboxylic acid groups (broad SMARTS) is 1. The topological polar surface area (TPSA) is 176 Å². The Morgan fingerprint density at radius 2 is 1.92 bits per heavy atom. The van der Waals surface area contributed by atoms with Gasteiger partial charge in [0.05, 0.1) is 36.3 Å². The third-order valence-corrected chi connectivity index (χ3v) is 11.0. The molecule has 0 unspecified atom stereocenters. The van der Waals surface area contributed by atoms with Gasteiger partial charge in [0.15, 0.2) is 24.4 Å². The summed E-state index contributed by atoms with van der Waals surface area (Å²) in [6.07, 6.45) is 2.56. The molecule has 0 spiro atoms. The van der Waals surface area contributed by atoms with Gasteiger partial charge >= 0.3 is 6.09 Å². The van der Waals surface area contributed by atoms with Crippen molar-refractivity contribution in [1.82, 2.24) is 14.5 Å². The number of fused-ring (bicyclic) bond motifs is 2. The Labute approximate surface area is 292 Å². The van der Waals surface area contributed by atoms with Crippen LogP contribution < -0.4 is 19.9 Å². The fourth-order valence-electron chi connectivity index (χ4n) is 6.76. The van der Waals surface area contributed by atoms with E-state index in [0.717, 1.165) is 10.5 Å². The predicted octanol–water partition coefficient (Wildman–Crippen LogP) is 1.95. The molecule has 3 heterocycles. The Morgan fingerprint density at radius 1 is 1.16 bits per heavy atom. The predicted molar refractivity (Wildman–Crippen MR) is 177 cm³/mol. The SMILES string of the molecule is C#CCOC(=O)NCCCC(C)(C)CN(C[C@@H](O)[C@H](Cc1ccccc1)N(C(=O)[O-])[C@H]1CO[C@H]2OCC[C@H]21)S(=O)(=O)c1ccc2c(c1)OCO2. The van der Waals surface area contributed by atoms with Crippen molar-refractivity contribution in [3.63, 3.8) is 0 Å². The molecule has 14 nitrogen and oxygen atoms in total. The third-order valence-electron chi connectivity index (χ3n) is 9.23. The lowest BCUT2D eigenvalue weighted by Crippen LogP contribution is -2.61. The summed E-state index contributed by atoms with van der Waals surface area (Å²) in [7, 11) is -4.29. The third kappa shape index (κ3) is 8.98. The molecule has 0 aromatic heterocycles. The molecule has 0 saturated carbocycles. The summed E-state index contributed by atoms with van der Waals surface area (Å²) in [5.41, 5.74) is 0.0872. The number of hydrogen-bond donors (Lipinski definition) is 2. The van der Waals surface area contributed by atoms with Crippen LogP contribution in [0.1, 0.15) is 38.7 Å². The number of terminal acetylenes is 1. The van der Waals surface area contributed by atoms with Gasteiger partial charge in [-0.15, -0.1) is 6.42 Å². The molecule has 2 fully saturated rings. The van der Waals surface area contributed by atoms with E-state index in [1.165, 1.54) is 22.5 Å². The van der Waals surface area contributed by atoms with E-state index in [-0.39, 0.29) is 56.1 Å². The van der Waals surface area contributed by atoms with Gasteiger partial charge in [-0.3, -0.25) is 0 Å². The van der Waals surface area contributed by atoms with Crippen LogP contribution >= 0.6 is 0 Å². The summed E-state index contributed by atoms with van der Waals surface area (Å²) in [5.74, 6) is 2.64. The number of nitrogens with one attached hydrogen (secondary N) is 1. The first-order valence-corrected chi connectivity index (χ1v) is 18.0. The molecule has 272 valence electrons. The zero-order valence-corrected chi connectivity index (χ0v) is 29.0. The smallest absolute Gasteiger partial charge is 0.408 e. The first-order chi connectivity index (χ1) is 23.9. The van der Waals surface area contributed by atoms with Crippen molar-refractivity contribution in [2.45, 2.75) is 68.9 Å². The molecule has 2 aromatic carbocycles. The molecule has 0 radical (unpaired) electrons.